The fourth-order valence-corrected chi connectivity index (χ4v) is 7.00. The van der Waals surface area contributed by atoms with E-state index in [4.69, 9.17) is 5.41 Å². The maximum Gasteiger partial charge on any atom is 0.442 e. The number of amidine groups is 1. The van der Waals surface area contributed by atoms with Crippen molar-refractivity contribution in [3.8, 4) is 6.19 Å². The Morgan fingerprint density at radius 2 is 1.82 bits per heavy atom. The maximum absolute atomic E-state index is 13.7. The Hall–Kier alpha value is -1.33. The molecule has 4 unspecified atom stereocenters. The lowest BCUT2D eigenvalue weighted by molar-refractivity contribution is -0.925. The maximum atomic E-state index is 13.7. The first-order valence-electron chi connectivity index (χ1n) is 10.4. The third-order valence-electron chi connectivity index (χ3n) is 8.24. The zero-order valence-corrected chi connectivity index (χ0v) is 16.5. The van der Waals surface area contributed by atoms with Crippen molar-refractivity contribution >= 4 is 5.84 Å². The number of hydrogen-bond donors (Lipinski definition) is 3. The third-order valence-corrected chi connectivity index (χ3v) is 8.24. The van der Waals surface area contributed by atoms with E-state index >= 15 is 0 Å². The predicted molar refractivity (Wildman–Crippen MR) is 97.1 cm³/mol. The predicted octanol–water partition coefficient (Wildman–Crippen LogP) is 3.29. The summed E-state index contributed by atoms with van der Waals surface area (Å²) in [5.41, 5.74) is -1.87. The van der Waals surface area contributed by atoms with Gasteiger partial charge in [0, 0.05) is 18.9 Å². The number of aliphatic hydroxyl groups is 1. The van der Waals surface area contributed by atoms with Gasteiger partial charge in [-0.1, -0.05) is 0 Å². The molecule has 1 heterocycles. The van der Waals surface area contributed by atoms with E-state index in [1.807, 2.05) is 6.19 Å². The van der Waals surface area contributed by atoms with Crippen LogP contribution in [-0.4, -0.2) is 51.4 Å². The smallest absolute Gasteiger partial charge is 0.390 e. The highest BCUT2D eigenvalue weighted by molar-refractivity contribution is 5.87. The van der Waals surface area contributed by atoms with Gasteiger partial charge in [-0.05, 0) is 63.7 Å². The number of rotatable bonds is 3. The van der Waals surface area contributed by atoms with E-state index in [2.05, 4.69) is 5.32 Å². The summed E-state index contributed by atoms with van der Waals surface area (Å²) in [4.78, 5) is 0. The van der Waals surface area contributed by atoms with Crippen LogP contribution in [0, 0.1) is 34.6 Å². The van der Waals surface area contributed by atoms with Crippen LogP contribution in [0.25, 0.3) is 0 Å². The molecule has 4 atom stereocenters. The van der Waals surface area contributed by atoms with Crippen molar-refractivity contribution in [1.82, 2.24) is 5.32 Å². The number of likely N-dealkylation sites (tertiary alicyclic amines) is 1. The summed E-state index contributed by atoms with van der Waals surface area (Å²) in [5, 5.41) is 32.5. The molecule has 3 N–H and O–H groups in total. The van der Waals surface area contributed by atoms with Gasteiger partial charge in [-0.3, -0.25) is 5.41 Å². The first-order valence-corrected chi connectivity index (χ1v) is 10.4. The SMILES string of the molecule is CC(C)(C(=N)NC1C2CC3CC1CC(O)(C3)C2)[N+]1(C#N)CCCC1C(F)(F)F. The Kier molecular flexibility index (Phi) is 4.34. The summed E-state index contributed by atoms with van der Waals surface area (Å²) in [5.74, 6) is 1.04. The quantitative estimate of drug-likeness (QED) is 0.295. The molecule has 0 spiro atoms. The van der Waals surface area contributed by atoms with E-state index in [0.29, 0.717) is 25.2 Å². The third kappa shape index (κ3) is 2.77. The molecule has 5 aliphatic rings. The lowest BCUT2D eigenvalue weighted by Crippen LogP contribution is -2.71. The van der Waals surface area contributed by atoms with Gasteiger partial charge in [0.1, 0.15) is 0 Å². The zero-order chi connectivity index (χ0) is 20.5. The second-order valence-electron chi connectivity index (χ2n) is 10.2. The number of hydrogen-bond acceptors (Lipinski definition) is 3. The lowest BCUT2D eigenvalue weighted by atomic mass is 9.52. The van der Waals surface area contributed by atoms with Crippen molar-refractivity contribution in [3.63, 3.8) is 0 Å². The molecule has 4 saturated carbocycles. The average molecular weight is 399 g/mol. The normalized spacial score (nSPS) is 45.1. The molecular weight excluding hydrogens is 369 g/mol. The van der Waals surface area contributed by atoms with Crippen molar-refractivity contribution in [1.29, 1.82) is 10.7 Å². The van der Waals surface area contributed by atoms with Crippen LogP contribution < -0.4 is 5.32 Å². The molecular formula is C20H30F3N4O+. The number of quaternary nitrogens is 1. The Balaban J connectivity index is 1.57. The molecule has 1 saturated heterocycles. The number of alkyl halides is 3. The minimum Gasteiger partial charge on any atom is -0.390 e. The number of nitrogens with zero attached hydrogens (tertiary/aromatic N) is 2. The van der Waals surface area contributed by atoms with Gasteiger partial charge in [0.15, 0.2) is 11.4 Å². The van der Waals surface area contributed by atoms with Crippen molar-refractivity contribution in [2.75, 3.05) is 6.54 Å². The Bertz CT molecular complexity index is 699. The number of nitrogens with one attached hydrogen (secondary N) is 2. The van der Waals surface area contributed by atoms with Gasteiger partial charge >= 0.3 is 12.4 Å². The highest BCUT2D eigenvalue weighted by Crippen LogP contribution is 2.56. The van der Waals surface area contributed by atoms with E-state index in [9.17, 15) is 23.5 Å². The first kappa shape index (κ1) is 20.0. The van der Waals surface area contributed by atoms with Crippen molar-refractivity contribution in [3.05, 3.63) is 0 Å². The van der Waals surface area contributed by atoms with Gasteiger partial charge < -0.3 is 10.4 Å². The summed E-state index contributed by atoms with van der Waals surface area (Å²) in [7, 11) is 0. The lowest BCUT2D eigenvalue weighted by Gasteiger charge is -2.58. The molecule has 156 valence electrons. The second kappa shape index (κ2) is 6.09. The minimum atomic E-state index is -4.46. The van der Waals surface area contributed by atoms with Gasteiger partial charge in [0.2, 0.25) is 6.04 Å². The molecule has 0 aromatic carbocycles. The molecule has 1 aliphatic heterocycles. The standard InChI is InChI=1S/C20H30F3N4O/c1-18(2,27(11-24)5-3-4-15(27)20(21,22)23)17(25)26-16-13-6-12-7-14(16)10-19(28,8-12)9-13/h12-16,28H,3-10H2,1-2H3,(H2,25,26)/q+1. The zero-order valence-electron chi connectivity index (χ0n) is 16.5. The van der Waals surface area contributed by atoms with Crippen LogP contribution in [-0.2, 0) is 0 Å². The van der Waals surface area contributed by atoms with Gasteiger partial charge in [-0.25, -0.2) is 4.48 Å². The summed E-state index contributed by atoms with van der Waals surface area (Å²) < 4.78 is 40.3. The van der Waals surface area contributed by atoms with Crippen LogP contribution in [0.2, 0.25) is 0 Å². The molecule has 8 heteroatoms. The van der Waals surface area contributed by atoms with E-state index in [-0.39, 0.29) is 36.7 Å². The molecule has 28 heavy (non-hydrogen) atoms. The molecule has 5 fully saturated rings. The minimum absolute atomic E-state index is 0.00860. The highest BCUT2D eigenvalue weighted by Gasteiger charge is 2.65. The molecule has 0 aromatic rings. The second-order valence-corrected chi connectivity index (χ2v) is 10.2. The van der Waals surface area contributed by atoms with Crippen LogP contribution >= 0.6 is 0 Å². The van der Waals surface area contributed by atoms with Crippen molar-refractivity contribution in [2.24, 2.45) is 17.8 Å². The van der Waals surface area contributed by atoms with Gasteiger partial charge in [-0.15, -0.1) is 5.26 Å². The Morgan fingerprint density at radius 1 is 1.21 bits per heavy atom. The first-order chi connectivity index (χ1) is 12.9. The van der Waals surface area contributed by atoms with Crippen LogP contribution in [0.1, 0.15) is 58.8 Å². The number of nitriles is 1. The summed E-state index contributed by atoms with van der Waals surface area (Å²) in [6.45, 7) is 3.30. The molecule has 0 radical (unpaired) electrons. The summed E-state index contributed by atoms with van der Waals surface area (Å²) in [6.07, 6.45) is 2.04. The molecule has 4 aliphatic carbocycles. The molecule has 5 rings (SSSR count). The van der Waals surface area contributed by atoms with E-state index in [1.54, 1.807) is 13.8 Å². The van der Waals surface area contributed by atoms with Crippen LogP contribution in [0.15, 0.2) is 0 Å². The van der Waals surface area contributed by atoms with E-state index < -0.39 is 27.8 Å². The fraction of sp³-hybridized carbons (Fsp3) is 0.900. The van der Waals surface area contributed by atoms with Crippen LogP contribution in [0.5, 0.6) is 0 Å². The Labute approximate surface area is 164 Å². The van der Waals surface area contributed by atoms with E-state index in [0.717, 1.165) is 19.3 Å². The van der Waals surface area contributed by atoms with Crippen LogP contribution in [0.4, 0.5) is 13.2 Å². The van der Waals surface area contributed by atoms with Crippen molar-refractivity contribution < 1.29 is 22.8 Å². The average Bonchev–Trinajstić information content (AvgIpc) is 3.02. The largest absolute Gasteiger partial charge is 0.442 e. The molecule has 0 aromatic heterocycles. The fourth-order valence-electron chi connectivity index (χ4n) is 7.00. The topological polar surface area (TPSA) is 79.9 Å². The van der Waals surface area contributed by atoms with Gasteiger partial charge in [0.25, 0.3) is 0 Å². The Morgan fingerprint density at radius 3 is 2.32 bits per heavy atom. The molecule has 0 amide bonds. The van der Waals surface area contributed by atoms with Gasteiger partial charge in [-0.2, -0.15) is 13.2 Å². The molecule has 4 bridgehead atoms. The highest BCUT2D eigenvalue weighted by atomic mass is 19.4. The summed E-state index contributed by atoms with van der Waals surface area (Å²) >= 11 is 0. The van der Waals surface area contributed by atoms with E-state index in [1.165, 1.54) is 0 Å². The number of halogens is 3. The van der Waals surface area contributed by atoms with Crippen LogP contribution in [0.3, 0.4) is 0 Å². The van der Waals surface area contributed by atoms with Crippen molar-refractivity contribution in [2.45, 2.75) is 88.2 Å². The summed E-state index contributed by atoms with van der Waals surface area (Å²) in [6, 6.07) is -1.75. The van der Waals surface area contributed by atoms with Gasteiger partial charge in [0.05, 0.1) is 12.1 Å². The monoisotopic (exact) mass is 399 g/mol. The molecule has 5 nitrogen and oxygen atoms in total.